The van der Waals surface area contributed by atoms with E-state index in [1.54, 1.807) is 21.9 Å². The van der Waals surface area contributed by atoms with Gasteiger partial charge in [0.15, 0.2) is 0 Å². The SMILES string of the molecule is Cc1ccc(N2C[C@H](NC(=O)N3CCN(c4ccccc4F)CC3)CC2=O)cc1C. The Balaban J connectivity index is 1.32. The minimum atomic E-state index is -0.244. The van der Waals surface area contributed by atoms with E-state index in [-0.39, 0.29) is 23.8 Å². The predicted molar refractivity (Wildman–Crippen MR) is 115 cm³/mol. The number of benzene rings is 2. The van der Waals surface area contributed by atoms with Crippen molar-refractivity contribution in [1.82, 2.24) is 10.2 Å². The first-order chi connectivity index (χ1) is 14.4. The molecule has 1 N–H and O–H groups in total. The van der Waals surface area contributed by atoms with Gasteiger partial charge in [0.05, 0.1) is 11.7 Å². The zero-order valence-corrected chi connectivity index (χ0v) is 17.4. The van der Waals surface area contributed by atoms with Gasteiger partial charge in [-0.05, 0) is 49.2 Å². The summed E-state index contributed by atoms with van der Waals surface area (Å²) in [6.45, 7) is 6.73. The number of urea groups is 1. The Kier molecular flexibility index (Phi) is 5.61. The summed E-state index contributed by atoms with van der Waals surface area (Å²) in [7, 11) is 0. The number of anilines is 2. The molecular formula is C23H27FN4O2. The highest BCUT2D eigenvalue weighted by molar-refractivity contribution is 5.97. The molecule has 0 unspecified atom stereocenters. The van der Waals surface area contributed by atoms with Gasteiger partial charge in [0.1, 0.15) is 5.82 Å². The molecule has 30 heavy (non-hydrogen) atoms. The summed E-state index contributed by atoms with van der Waals surface area (Å²) in [6.07, 6.45) is 0.299. The Labute approximate surface area is 176 Å². The van der Waals surface area contributed by atoms with Gasteiger partial charge in [0.25, 0.3) is 0 Å². The molecule has 2 aliphatic heterocycles. The fourth-order valence-corrected chi connectivity index (χ4v) is 4.07. The normalized spacial score (nSPS) is 19.4. The summed E-state index contributed by atoms with van der Waals surface area (Å²) >= 11 is 0. The predicted octanol–water partition coefficient (Wildman–Crippen LogP) is 3.08. The Morgan fingerprint density at radius 3 is 2.47 bits per heavy atom. The standard InChI is InChI=1S/C23H27FN4O2/c1-16-7-8-19(13-17(16)2)28-15-18(14-22(28)29)25-23(30)27-11-9-26(10-12-27)21-6-4-3-5-20(21)24/h3-8,13,18H,9-12,14-15H2,1-2H3,(H,25,30)/t18-/m1/s1. The molecule has 0 radical (unpaired) electrons. The summed E-state index contributed by atoms with van der Waals surface area (Å²) in [5.74, 6) is -0.223. The number of aryl methyl sites for hydroxylation is 2. The number of halogens is 1. The van der Waals surface area contributed by atoms with E-state index in [1.807, 2.05) is 43.0 Å². The molecule has 2 aliphatic rings. The first kappa shape index (κ1) is 20.2. The van der Waals surface area contributed by atoms with E-state index in [2.05, 4.69) is 5.32 Å². The highest BCUT2D eigenvalue weighted by atomic mass is 19.1. The van der Waals surface area contributed by atoms with Gasteiger partial charge in [-0.15, -0.1) is 0 Å². The molecule has 2 heterocycles. The van der Waals surface area contributed by atoms with E-state index >= 15 is 0 Å². The molecule has 158 valence electrons. The number of para-hydroxylation sites is 1. The van der Waals surface area contributed by atoms with E-state index < -0.39 is 0 Å². The van der Waals surface area contributed by atoms with E-state index in [4.69, 9.17) is 0 Å². The van der Waals surface area contributed by atoms with Gasteiger partial charge < -0.3 is 20.0 Å². The second kappa shape index (κ2) is 8.34. The molecule has 0 spiro atoms. The third kappa shape index (κ3) is 4.10. The van der Waals surface area contributed by atoms with Gasteiger partial charge in [0, 0.05) is 44.8 Å². The number of rotatable bonds is 3. The van der Waals surface area contributed by atoms with Crippen LogP contribution in [0.2, 0.25) is 0 Å². The molecule has 4 rings (SSSR count). The molecule has 0 bridgehead atoms. The minimum absolute atomic E-state index is 0.0212. The van der Waals surface area contributed by atoms with Gasteiger partial charge in [-0.1, -0.05) is 18.2 Å². The smallest absolute Gasteiger partial charge is 0.317 e. The first-order valence-corrected chi connectivity index (χ1v) is 10.3. The van der Waals surface area contributed by atoms with Crippen LogP contribution >= 0.6 is 0 Å². The summed E-state index contributed by atoms with van der Waals surface area (Å²) < 4.78 is 14.0. The molecule has 0 saturated carbocycles. The largest absolute Gasteiger partial charge is 0.366 e. The van der Waals surface area contributed by atoms with Crippen LogP contribution < -0.4 is 15.1 Å². The van der Waals surface area contributed by atoms with Crippen molar-refractivity contribution in [3.05, 3.63) is 59.4 Å². The number of carbonyl (C=O) groups excluding carboxylic acids is 2. The van der Waals surface area contributed by atoms with Crippen molar-refractivity contribution in [2.24, 2.45) is 0 Å². The number of amides is 3. The van der Waals surface area contributed by atoms with Crippen LogP contribution in [0.3, 0.4) is 0 Å². The average molecular weight is 410 g/mol. The summed E-state index contributed by atoms with van der Waals surface area (Å²) in [6, 6.07) is 12.3. The van der Waals surface area contributed by atoms with E-state index in [1.165, 1.54) is 11.6 Å². The van der Waals surface area contributed by atoms with Crippen molar-refractivity contribution in [3.8, 4) is 0 Å². The topological polar surface area (TPSA) is 55.9 Å². The Bertz CT molecular complexity index is 956. The van der Waals surface area contributed by atoms with Crippen LogP contribution in [-0.4, -0.2) is 55.6 Å². The van der Waals surface area contributed by atoms with Gasteiger partial charge >= 0.3 is 6.03 Å². The first-order valence-electron chi connectivity index (χ1n) is 10.3. The molecular weight excluding hydrogens is 383 g/mol. The van der Waals surface area contributed by atoms with Crippen molar-refractivity contribution >= 4 is 23.3 Å². The third-order valence-corrected chi connectivity index (χ3v) is 6.01. The van der Waals surface area contributed by atoms with Crippen LogP contribution in [-0.2, 0) is 4.79 Å². The van der Waals surface area contributed by atoms with Gasteiger partial charge in [0.2, 0.25) is 5.91 Å². The molecule has 6 nitrogen and oxygen atoms in total. The van der Waals surface area contributed by atoms with Crippen molar-refractivity contribution in [2.75, 3.05) is 42.5 Å². The number of hydrogen-bond acceptors (Lipinski definition) is 3. The summed E-state index contributed by atoms with van der Waals surface area (Å²) in [5, 5.41) is 3.00. The summed E-state index contributed by atoms with van der Waals surface area (Å²) in [5.41, 5.74) is 3.77. The van der Waals surface area contributed by atoms with Crippen LogP contribution in [0.5, 0.6) is 0 Å². The molecule has 2 fully saturated rings. The number of nitrogens with zero attached hydrogens (tertiary/aromatic N) is 3. The third-order valence-electron chi connectivity index (χ3n) is 6.01. The van der Waals surface area contributed by atoms with Gasteiger partial charge in [-0.2, -0.15) is 0 Å². The number of nitrogens with one attached hydrogen (secondary N) is 1. The lowest BCUT2D eigenvalue weighted by atomic mass is 10.1. The lowest BCUT2D eigenvalue weighted by molar-refractivity contribution is -0.117. The maximum absolute atomic E-state index is 14.0. The van der Waals surface area contributed by atoms with Gasteiger partial charge in [-0.25, -0.2) is 9.18 Å². The highest BCUT2D eigenvalue weighted by Crippen LogP contribution is 2.24. The average Bonchev–Trinajstić information content (AvgIpc) is 3.10. The fraction of sp³-hybridized carbons (Fsp3) is 0.391. The van der Waals surface area contributed by atoms with Crippen LogP contribution in [0, 0.1) is 19.7 Å². The Morgan fingerprint density at radius 1 is 1.03 bits per heavy atom. The van der Waals surface area contributed by atoms with Crippen molar-refractivity contribution in [3.63, 3.8) is 0 Å². The molecule has 2 aromatic carbocycles. The van der Waals surface area contributed by atoms with Crippen LogP contribution in [0.25, 0.3) is 0 Å². The van der Waals surface area contributed by atoms with Gasteiger partial charge in [-0.3, -0.25) is 4.79 Å². The second-order valence-electron chi connectivity index (χ2n) is 8.05. The Morgan fingerprint density at radius 2 is 1.77 bits per heavy atom. The number of hydrogen-bond donors (Lipinski definition) is 1. The monoisotopic (exact) mass is 410 g/mol. The maximum atomic E-state index is 14.0. The van der Waals surface area contributed by atoms with E-state index in [0.29, 0.717) is 44.8 Å². The molecule has 0 aliphatic carbocycles. The maximum Gasteiger partial charge on any atom is 0.317 e. The zero-order chi connectivity index (χ0) is 21.3. The second-order valence-corrected chi connectivity index (χ2v) is 8.05. The highest BCUT2D eigenvalue weighted by Gasteiger charge is 2.33. The zero-order valence-electron chi connectivity index (χ0n) is 17.4. The lowest BCUT2D eigenvalue weighted by Crippen LogP contribution is -2.54. The molecule has 0 aromatic heterocycles. The molecule has 7 heteroatoms. The number of carbonyl (C=O) groups is 2. The number of piperazine rings is 1. The van der Waals surface area contributed by atoms with Crippen LogP contribution in [0.1, 0.15) is 17.5 Å². The Hall–Kier alpha value is -3.09. The minimum Gasteiger partial charge on any atom is -0.366 e. The molecule has 1 atom stereocenters. The van der Waals surface area contributed by atoms with Crippen molar-refractivity contribution in [1.29, 1.82) is 0 Å². The van der Waals surface area contributed by atoms with Crippen LogP contribution in [0.4, 0.5) is 20.6 Å². The van der Waals surface area contributed by atoms with Crippen molar-refractivity contribution in [2.45, 2.75) is 26.3 Å². The fourth-order valence-electron chi connectivity index (χ4n) is 4.07. The molecule has 2 aromatic rings. The molecule has 3 amide bonds. The lowest BCUT2D eigenvalue weighted by Gasteiger charge is -2.36. The summed E-state index contributed by atoms with van der Waals surface area (Å²) in [4.78, 5) is 30.6. The van der Waals surface area contributed by atoms with Crippen molar-refractivity contribution < 1.29 is 14.0 Å². The van der Waals surface area contributed by atoms with Crippen LogP contribution in [0.15, 0.2) is 42.5 Å². The van der Waals surface area contributed by atoms with E-state index in [0.717, 1.165) is 11.3 Å². The molecule has 2 saturated heterocycles. The van der Waals surface area contributed by atoms with E-state index in [9.17, 15) is 14.0 Å². The quantitative estimate of drug-likeness (QED) is 0.846.